The smallest absolute Gasteiger partial charge is 0.238 e. The minimum atomic E-state index is 0.425. The molecule has 0 aliphatic heterocycles. The summed E-state index contributed by atoms with van der Waals surface area (Å²) in [5.41, 5.74) is 3.61. The quantitative estimate of drug-likeness (QED) is 0.346. The average molecular weight is 420 g/mol. The van der Waals surface area contributed by atoms with Crippen LogP contribution in [0.25, 0.3) is 38.7 Å². The molecule has 3 heterocycles. The summed E-state index contributed by atoms with van der Waals surface area (Å²) in [4.78, 5) is 14.4. The lowest BCUT2D eigenvalue weighted by Crippen LogP contribution is -1.96. The van der Waals surface area contributed by atoms with Crippen molar-refractivity contribution in [2.75, 3.05) is 0 Å². The largest absolute Gasteiger partial charge is 0.437 e. The van der Waals surface area contributed by atoms with Gasteiger partial charge in [0.2, 0.25) is 5.88 Å². The van der Waals surface area contributed by atoms with Crippen LogP contribution >= 0.6 is 12.6 Å². The molecule has 0 bridgehead atoms. The molecule has 0 amide bonds. The molecule has 0 radical (unpaired) electrons. The molecule has 0 atom stereocenters. The number of hydrogen-bond donors (Lipinski definition) is 1. The Morgan fingerprint density at radius 2 is 1.65 bits per heavy atom. The molecule has 0 fully saturated rings. The number of nitrogens with zero attached hydrogens (tertiary/aromatic N) is 4. The number of fused-ring (bicyclic) bond motifs is 4. The van der Waals surface area contributed by atoms with Gasteiger partial charge in [0.15, 0.2) is 0 Å². The summed E-state index contributed by atoms with van der Waals surface area (Å²) in [6, 6.07) is 26.0. The minimum absolute atomic E-state index is 0.425. The van der Waals surface area contributed by atoms with E-state index < -0.39 is 0 Å². The molecule has 0 saturated heterocycles. The van der Waals surface area contributed by atoms with E-state index in [-0.39, 0.29) is 0 Å². The van der Waals surface area contributed by atoms with Crippen LogP contribution in [0.2, 0.25) is 0 Å². The van der Waals surface area contributed by atoms with Gasteiger partial charge in [0.05, 0.1) is 22.7 Å². The monoisotopic (exact) mass is 420 g/mol. The van der Waals surface area contributed by atoms with Crippen LogP contribution in [0.5, 0.6) is 11.6 Å². The Kier molecular flexibility index (Phi) is 4.11. The molecule has 6 rings (SSSR count). The summed E-state index contributed by atoms with van der Waals surface area (Å²) >= 11 is 4.49. The highest BCUT2D eigenvalue weighted by molar-refractivity contribution is 7.80. The second-order valence-corrected chi connectivity index (χ2v) is 7.66. The summed E-state index contributed by atoms with van der Waals surface area (Å²) in [5, 5.41) is 2.30. The van der Waals surface area contributed by atoms with Crippen LogP contribution in [0.1, 0.15) is 0 Å². The van der Waals surface area contributed by atoms with Crippen LogP contribution in [0.3, 0.4) is 0 Å². The standard InChI is InChI=1S/C25H16N4OS/c31-22-9-5-7-19-25(22)28-24(15-27-19)30-16-11-12-18-17-6-1-2-8-20(17)29(21(18)14-16)23-10-3-4-13-26-23/h1-15,31H. The zero-order valence-corrected chi connectivity index (χ0v) is 17.2. The van der Waals surface area contributed by atoms with Gasteiger partial charge in [-0.1, -0.05) is 30.3 Å². The Bertz CT molecular complexity index is 1580. The summed E-state index contributed by atoms with van der Waals surface area (Å²) in [7, 11) is 0. The van der Waals surface area contributed by atoms with Crippen LogP contribution in [0, 0.1) is 0 Å². The molecule has 3 aromatic heterocycles. The number of aromatic nitrogens is 4. The highest BCUT2D eigenvalue weighted by Gasteiger charge is 2.14. The maximum absolute atomic E-state index is 6.10. The Labute approximate surface area is 183 Å². The first-order valence-electron chi connectivity index (χ1n) is 9.85. The average Bonchev–Trinajstić information content (AvgIpc) is 3.14. The van der Waals surface area contributed by atoms with Crippen molar-refractivity contribution in [2.24, 2.45) is 0 Å². The number of ether oxygens (including phenoxy) is 1. The van der Waals surface area contributed by atoms with Crippen molar-refractivity contribution in [1.29, 1.82) is 0 Å². The Morgan fingerprint density at radius 1 is 0.774 bits per heavy atom. The van der Waals surface area contributed by atoms with Gasteiger partial charge < -0.3 is 4.74 Å². The topological polar surface area (TPSA) is 52.8 Å². The molecule has 0 saturated carbocycles. The maximum Gasteiger partial charge on any atom is 0.238 e. The zero-order valence-electron chi connectivity index (χ0n) is 16.3. The SMILES string of the molecule is Sc1cccc2ncc(Oc3ccc4c5ccccc5n(-c5ccccn5)c4c3)nc12. The van der Waals surface area contributed by atoms with Crippen molar-refractivity contribution >= 4 is 45.5 Å². The van der Waals surface area contributed by atoms with Gasteiger partial charge in [-0.2, -0.15) is 0 Å². The number of benzene rings is 3. The van der Waals surface area contributed by atoms with Gasteiger partial charge in [-0.15, -0.1) is 12.6 Å². The lowest BCUT2D eigenvalue weighted by Gasteiger charge is -2.09. The molecular weight excluding hydrogens is 404 g/mol. The predicted molar refractivity (Wildman–Crippen MR) is 125 cm³/mol. The van der Waals surface area contributed by atoms with Crippen LogP contribution in [-0.4, -0.2) is 19.5 Å². The summed E-state index contributed by atoms with van der Waals surface area (Å²) in [5.74, 6) is 1.96. The first kappa shape index (κ1) is 17.9. The third-order valence-corrected chi connectivity index (χ3v) is 5.64. The van der Waals surface area contributed by atoms with E-state index in [1.54, 1.807) is 12.4 Å². The highest BCUT2D eigenvalue weighted by atomic mass is 32.1. The van der Waals surface area contributed by atoms with Crippen molar-refractivity contribution < 1.29 is 4.74 Å². The first-order valence-corrected chi connectivity index (χ1v) is 10.3. The van der Waals surface area contributed by atoms with E-state index in [4.69, 9.17) is 4.74 Å². The molecule has 0 spiro atoms. The fraction of sp³-hybridized carbons (Fsp3) is 0. The third-order valence-electron chi connectivity index (χ3n) is 5.28. The van der Waals surface area contributed by atoms with Gasteiger partial charge in [-0.25, -0.2) is 15.0 Å². The molecule has 0 unspecified atom stereocenters. The van der Waals surface area contributed by atoms with Crippen molar-refractivity contribution in [1.82, 2.24) is 19.5 Å². The number of hydrogen-bond acceptors (Lipinski definition) is 5. The van der Waals surface area contributed by atoms with Gasteiger partial charge in [-0.3, -0.25) is 4.57 Å². The van der Waals surface area contributed by atoms with Gasteiger partial charge in [0.25, 0.3) is 0 Å². The predicted octanol–water partition coefficient (Wildman–Crippen LogP) is 6.20. The highest BCUT2D eigenvalue weighted by Crippen LogP contribution is 2.34. The van der Waals surface area contributed by atoms with Crippen LogP contribution in [0.15, 0.2) is 96.2 Å². The van der Waals surface area contributed by atoms with Crippen LogP contribution in [0.4, 0.5) is 0 Å². The van der Waals surface area contributed by atoms with Crippen molar-refractivity contribution in [3.05, 3.63) is 91.3 Å². The maximum atomic E-state index is 6.10. The van der Waals surface area contributed by atoms with E-state index in [9.17, 15) is 0 Å². The third kappa shape index (κ3) is 3.00. The molecule has 3 aromatic carbocycles. The number of rotatable bonds is 3. The summed E-state index contributed by atoms with van der Waals surface area (Å²) in [6.45, 7) is 0. The molecule has 148 valence electrons. The molecule has 0 aliphatic carbocycles. The molecule has 6 aromatic rings. The second kappa shape index (κ2) is 7.11. The number of pyridine rings is 1. The van der Waals surface area contributed by atoms with Gasteiger partial charge in [-0.05, 0) is 42.5 Å². The molecular formula is C25H16N4OS. The minimum Gasteiger partial charge on any atom is -0.437 e. The van der Waals surface area contributed by atoms with Crippen molar-refractivity contribution in [2.45, 2.75) is 4.90 Å². The molecule has 0 N–H and O–H groups in total. The lowest BCUT2D eigenvalue weighted by molar-refractivity contribution is 0.463. The fourth-order valence-corrected chi connectivity index (χ4v) is 4.17. The van der Waals surface area contributed by atoms with E-state index in [2.05, 4.69) is 56.4 Å². The Balaban J connectivity index is 1.51. The first-order chi connectivity index (χ1) is 15.3. The van der Waals surface area contributed by atoms with Crippen LogP contribution < -0.4 is 4.74 Å². The van der Waals surface area contributed by atoms with Crippen molar-refractivity contribution in [3.8, 4) is 17.4 Å². The summed E-state index contributed by atoms with van der Waals surface area (Å²) < 4.78 is 8.24. The fourth-order valence-electron chi connectivity index (χ4n) is 3.92. The normalized spacial score (nSPS) is 11.4. The summed E-state index contributed by atoms with van der Waals surface area (Å²) in [6.07, 6.45) is 3.43. The Hall–Kier alpha value is -3.90. The van der Waals surface area contributed by atoms with Crippen LogP contribution in [-0.2, 0) is 0 Å². The zero-order chi connectivity index (χ0) is 20.8. The van der Waals surface area contributed by atoms with E-state index >= 15 is 0 Å². The number of para-hydroxylation sites is 2. The number of thiol groups is 1. The molecule has 5 nitrogen and oxygen atoms in total. The van der Waals surface area contributed by atoms with Gasteiger partial charge in [0.1, 0.15) is 17.1 Å². The Morgan fingerprint density at radius 3 is 2.55 bits per heavy atom. The van der Waals surface area contributed by atoms with Crippen molar-refractivity contribution in [3.63, 3.8) is 0 Å². The van der Waals surface area contributed by atoms with E-state index in [1.807, 2.05) is 54.6 Å². The molecule has 31 heavy (non-hydrogen) atoms. The van der Waals surface area contributed by atoms with E-state index in [0.717, 1.165) is 32.6 Å². The van der Waals surface area contributed by atoms with E-state index in [1.165, 1.54) is 5.39 Å². The van der Waals surface area contributed by atoms with Gasteiger partial charge >= 0.3 is 0 Å². The second-order valence-electron chi connectivity index (χ2n) is 7.17. The van der Waals surface area contributed by atoms with Gasteiger partial charge in [0, 0.05) is 27.9 Å². The lowest BCUT2D eigenvalue weighted by atomic mass is 10.1. The molecule has 0 aliphatic rings. The molecule has 6 heteroatoms. The van der Waals surface area contributed by atoms with E-state index in [0.29, 0.717) is 17.1 Å².